The Bertz CT molecular complexity index is 1340. The number of benzene rings is 2. The fraction of sp³-hybridized carbons (Fsp3) is 0.333. The molecule has 0 spiro atoms. The van der Waals surface area contributed by atoms with Crippen LogP contribution in [0, 0.1) is 0 Å². The predicted molar refractivity (Wildman–Crippen MR) is 123 cm³/mol. The third-order valence-electron chi connectivity index (χ3n) is 6.17. The molecule has 32 heavy (non-hydrogen) atoms. The highest BCUT2D eigenvalue weighted by atomic mass is 16.2. The number of likely N-dealkylation sites (N-methyl/N-ethyl adjacent to an activating group) is 1. The Morgan fingerprint density at radius 3 is 2.72 bits per heavy atom. The fourth-order valence-corrected chi connectivity index (χ4v) is 4.53. The quantitative estimate of drug-likeness (QED) is 0.538. The van der Waals surface area contributed by atoms with E-state index in [9.17, 15) is 9.59 Å². The van der Waals surface area contributed by atoms with E-state index in [4.69, 9.17) is 0 Å². The van der Waals surface area contributed by atoms with Crippen molar-refractivity contribution >= 4 is 22.6 Å². The van der Waals surface area contributed by atoms with Crippen LogP contribution in [0.5, 0.6) is 0 Å². The van der Waals surface area contributed by atoms with Crippen LogP contribution in [0.3, 0.4) is 0 Å². The molecule has 1 unspecified atom stereocenters. The van der Waals surface area contributed by atoms with Crippen molar-refractivity contribution < 1.29 is 4.79 Å². The second-order valence-corrected chi connectivity index (χ2v) is 8.40. The Hall–Kier alpha value is -3.52. The van der Waals surface area contributed by atoms with Gasteiger partial charge in [-0.1, -0.05) is 37.3 Å². The van der Waals surface area contributed by atoms with E-state index >= 15 is 0 Å². The molecule has 3 heterocycles. The maximum Gasteiger partial charge on any atom is 0.294 e. The number of amides is 1. The van der Waals surface area contributed by atoms with E-state index in [1.54, 1.807) is 10.5 Å². The van der Waals surface area contributed by atoms with Crippen molar-refractivity contribution in [2.75, 3.05) is 26.7 Å². The van der Waals surface area contributed by atoms with E-state index in [-0.39, 0.29) is 23.2 Å². The molecule has 1 amide bonds. The molecule has 0 saturated carbocycles. The number of hydrogen-bond donors (Lipinski definition) is 1. The van der Waals surface area contributed by atoms with E-state index < -0.39 is 0 Å². The lowest BCUT2D eigenvalue weighted by atomic mass is 10.0. The average molecular weight is 431 g/mol. The summed E-state index contributed by atoms with van der Waals surface area (Å²) >= 11 is 0. The molecular weight excluding hydrogens is 404 g/mol. The molecule has 1 aliphatic heterocycles. The molecule has 2 aromatic heterocycles. The minimum Gasteiger partial charge on any atom is -0.329 e. The SMILES string of the molecule is CCCc1nnc2c(=O)[nH]c3cc(C(=O)N4CCN(C)CC4c4ccccc4)ccc3n12. The Kier molecular flexibility index (Phi) is 5.22. The smallest absolute Gasteiger partial charge is 0.294 e. The summed E-state index contributed by atoms with van der Waals surface area (Å²) in [6.45, 7) is 4.31. The maximum atomic E-state index is 13.6. The molecule has 2 aromatic carbocycles. The summed E-state index contributed by atoms with van der Waals surface area (Å²) in [6.07, 6.45) is 1.62. The van der Waals surface area contributed by atoms with E-state index in [0.717, 1.165) is 42.8 Å². The van der Waals surface area contributed by atoms with E-state index in [1.165, 1.54) is 0 Å². The molecular formula is C24H26N6O2. The van der Waals surface area contributed by atoms with Crippen LogP contribution in [-0.4, -0.2) is 62.0 Å². The lowest BCUT2D eigenvalue weighted by Gasteiger charge is -2.40. The highest BCUT2D eigenvalue weighted by Gasteiger charge is 2.31. The number of carbonyl (C=O) groups is 1. The van der Waals surface area contributed by atoms with Crippen molar-refractivity contribution in [1.29, 1.82) is 0 Å². The number of aromatic nitrogens is 4. The van der Waals surface area contributed by atoms with Gasteiger partial charge in [-0.2, -0.15) is 0 Å². The zero-order chi connectivity index (χ0) is 22.2. The van der Waals surface area contributed by atoms with Gasteiger partial charge in [-0.25, -0.2) is 0 Å². The number of fused-ring (bicyclic) bond motifs is 3. The van der Waals surface area contributed by atoms with Gasteiger partial charge >= 0.3 is 0 Å². The van der Waals surface area contributed by atoms with Crippen LogP contribution in [0.15, 0.2) is 53.3 Å². The second kappa shape index (κ2) is 8.20. The highest BCUT2D eigenvalue weighted by molar-refractivity contribution is 5.98. The molecule has 4 aromatic rings. The number of rotatable bonds is 4. The largest absolute Gasteiger partial charge is 0.329 e. The molecule has 1 fully saturated rings. The van der Waals surface area contributed by atoms with Crippen molar-refractivity contribution in [2.24, 2.45) is 0 Å². The number of aromatic amines is 1. The summed E-state index contributed by atoms with van der Waals surface area (Å²) in [5.41, 5.74) is 3.06. The maximum absolute atomic E-state index is 13.6. The first kappa shape index (κ1) is 20.4. The Morgan fingerprint density at radius 1 is 1.12 bits per heavy atom. The van der Waals surface area contributed by atoms with Gasteiger partial charge in [0, 0.05) is 31.6 Å². The number of hydrogen-bond acceptors (Lipinski definition) is 5. The first-order valence-corrected chi connectivity index (χ1v) is 11.0. The highest BCUT2D eigenvalue weighted by Crippen LogP contribution is 2.27. The molecule has 8 heteroatoms. The van der Waals surface area contributed by atoms with Crippen molar-refractivity contribution in [3.05, 3.63) is 75.8 Å². The lowest BCUT2D eigenvalue weighted by molar-refractivity contribution is 0.0498. The van der Waals surface area contributed by atoms with Crippen LogP contribution in [0.2, 0.25) is 0 Å². The summed E-state index contributed by atoms with van der Waals surface area (Å²) in [7, 11) is 2.08. The second-order valence-electron chi connectivity index (χ2n) is 8.40. The lowest BCUT2D eigenvalue weighted by Crippen LogP contribution is -2.49. The minimum absolute atomic E-state index is 0.0197. The number of carbonyl (C=O) groups excluding carboxylic acids is 1. The minimum atomic E-state index is -0.307. The van der Waals surface area contributed by atoms with Crippen molar-refractivity contribution in [2.45, 2.75) is 25.8 Å². The van der Waals surface area contributed by atoms with Gasteiger partial charge in [0.25, 0.3) is 11.5 Å². The van der Waals surface area contributed by atoms with E-state index in [1.807, 2.05) is 35.2 Å². The first-order chi connectivity index (χ1) is 15.6. The molecule has 1 saturated heterocycles. The topological polar surface area (TPSA) is 86.6 Å². The third-order valence-corrected chi connectivity index (χ3v) is 6.17. The Morgan fingerprint density at radius 2 is 1.94 bits per heavy atom. The number of H-pyrrole nitrogens is 1. The number of nitrogens with one attached hydrogen (secondary N) is 1. The van der Waals surface area contributed by atoms with Crippen LogP contribution >= 0.6 is 0 Å². The monoisotopic (exact) mass is 430 g/mol. The normalized spacial score (nSPS) is 17.3. The van der Waals surface area contributed by atoms with Crippen molar-refractivity contribution in [3.63, 3.8) is 0 Å². The number of piperazine rings is 1. The molecule has 1 N–H and O–H groups in total. The fourth-order valence-electron chi connectivity index (χ4n) is 4.53. The summed E-state index contributed by atoms with van der Waals surface area (Å²) in [5, 5.41) is 8.25. The molecule has 8 nitrogen and oxygen atoms in total. The standard InChI is InChI=1S/C24H26N6O2/c1-3-7-21-26-27-22-23(31)25-18-14-17(10-11-19(18)30(21)22)24(32)29-13-12-28(2)15-20(29)16-8-5-4-6-9-16/h4-6,8-11,14,20H,3,7,12-13,15H2,1-2H3,(H,25,31). The summed E-state index contributed by atoms with van der Waals surface area (Å²) in [5.74, 6) is 0.716. The molecule has 1 atom stereocenters. The Labute approximate surface area is 185 Å². The molecule has 164 valence electrons. The molecule has 0 radical (unpaired) electrons. The number of nitrogens with zero attached hydrogens (tertiary/aromatic N) is 5. The van der Waals surface area contributed by atoms with Gasteiger partial charge < -0.3 is 14.8 Å². The van der Waals surface area contributed by atoms with Gasteiger partial charge in [-0.05, 0) is 37.2 Å². The molecule has 1 aliphatic rings. The summed E-state index contributed by atoms with van der Waals surface area (Å²) in [4.78, 5) is 33.2. The summed E-state index contributed by atoms with van der Waals surface area (Å²) < 4.78 is 1.80. The predicted octanol–water partition coefficient (Wildman–Crippen LogP) is 2.65. The molecule has 0 aliphatic carbocycles. The van der Waals surface area contributed by atoms with E-state index in [0.29, 0.717) is 17.6 Å². The van der Waals surface area contributed by atoms with Crippen molar-refractivity contribution in [1.82, 2.24) is 29.4 Å². The van der Waals surface area contributed by atoms with Crippen LogP contribution in [0.1, 0.15) is 41.1 Å². The molecule has 0 bridgehead atoms. The van der Waals surface area contributed by atoms with Crippen molar-refractivity contribution in [3.8, 4) is 0 Å². The van der Waals surface area contributed by atoms with Gasteiger partial charge in [0.2, 0.25) is 5.65 Å². The zero-order valence-electron chi connectivity index (χ0n) is 18.3. The first-order valence-electron chi connectivity index (χ1n) is 11.0. The average Bonchev–Trinajstić information content (AvgIpc) is 3.24. The third kappa shape index (κ3) is 3.46. The number of aryl methyl sites for hydroxylation is 1. The van der Waals surface area contributed by atoms with Gasteiger partial charge in [-0.15, -0.1) is 10.2 Å². The van der Waals surface area contributed by atoms with Gasteiger partial charge in [0.15, 0.2) is 0 Å². The Balaban J connectivity index is 1.56. The zero-order valence-corrected chi connectivity index (χ0v) is 18.3. The summed E-state index contributed by atoms with van der Waals surface area (Å²) in [6, 6.07) is 15.6. The molecule has 5 rings (SSSR count). The van der Waals surface area contributed by atoms with E-state index in [2.05, 4.69) is 46.2 Å². The van der Waals surface area contributed by atoms with Crippen LogP contribution in [-0.2, 0) is 6.42 Å². The van der Waals surface area contributed by atoms with Gasteiger partial charge in [0.1, 0.15) is 5.82 Å². The van der Waals surface area contributed by atoms with Gasteiger partial charge in [0.05, 0.1) is 17.1 Å². The van der Waals surface area contributed by atoms with Crippen LogP contribution in [0.4, 0.5) is 0 Å². The van der Waals surface area contributed by atoms with Crippen LogP contribution in [0.25, 0.3) is 16.7 Å². The van der Waals surface area contributed by atoms with Crippen LogP contribution < -0.4 is 5.56 Å². The van der Waals surface area contributed by atoms with Gasteiger partial charge in [-0.3, -0.25) is 14.0 Å².